The number of carbonyl (C=O) groups excluding carboxylic acids is 1. The van der Waals surface area contributed by atoms with Gasteiger partial charge in [-0.1, -0.05) is 36.9 Å². The summed E-state index contributed by atoms with van der Waals surface area (Å²) in [5, 5.41) is 2.03. The van der Waals surface area contributed by atoms with E-state index in [1.165, 1.54) is 0 Å². The highest BCUT2D eigenvalue weighted by molar-refractivity contribution is 9.10. The van der Waals surface area contributed by atoms with Crippen LogP contribution in [-0.2, 0) is 9.53 Å². The summed E-state index contributed by atoms with van der Waals surface area (Å²) in [4.78, 5) is 13.0. The molecule has 1 atom stereocenters. The van der Waals surface area contributed by atoms with Crippen LogP contribution in [0.5, 0.6) is 17.2 Å². The zero-order valence-electron chi connectivity index (χ0n) is 18.4. The molecule has 0 radical (unpaired) electrons. The molecular formula is C26H24BrNO5. The summed E-state index contributed by atoms with van der Waals surface area (Å²) in [7, 11) is 1.56. The molecule has 0 aliphatic carbocycles. The second-order valence-electron chi connectivity index (χ2n) is 7.40. The third-order valence-electron chi connectivity index (χ3n) is 5.39. The number of halogens is 1. The lowest BCUT2D eigenvalue weighted by atomic mass is 9.82. The third kappa shape index (κ3) is 4.28. The zero-order valence-corrected chi connectivity index (χ0v) is 20.0. The summed E-state index contributed by atoms with van der Waals surface area (Å²) in [5.74, 6) is 0.602. The number of methoxy groups -OCH3 is 1. The molecule has 7 heteroatoms. The van der Waals surface area contributed by atoms with E-state index in [2.05, 4.69) is 22.5 Å². The lowest BCUT2D eigenvalue weighted by Crippen LogP contribution is -2.27. The van der Waals surface area contributed by atoms with Gasteiger partial charge in [0.05, 0.1) is 24.1 Å². The predicted molar refractivity (Wildman–Crippen MR) is 131 cm³/mol. The van der Waals surface area contributed by atoms with Crippen molar-refractivity contribution in [1.82, 2.24) is 0 Å². The molecule has 1 unspecified atom stereocenters. The van der Waals surface area contributed by atoms with E-state index in [1.807, 2.05) is 48.5 Å². The van der Waals surface area contributed by atoms with Crippen LogP contribution in [0.4, 0.5) is 0 Å². The normalized spacial score (nSPS) is 14.9. The molecule has 0 bridgehead atoms. The second-order valence-corrected chi connectivity index (χ2v) is 8.26. The first kappa shape index (κ1) is 22.7. The summed E-state index contributed by atoms with van der Waals surface area (Å²) in [6.45, 7) is 5.98. The Bertz CT molecular complexity index is 1270. The van der Waals surface area contributed by atoms with Gasteiger partial charge < -0.3 is 24.7 Å². The van der Waals surface area contributed by atoms with Crippen LogP contribution < -0.4 is 19.9 Å². The van der Waals surface area contributed by atoms with Crippen molar-refractivity contribution in [1.29, 1.82) is 0 Å². The van der Waals surface area contributed by atoms with Gasteiger partial charge in [-0.3, -0.25) is 0 Å². The highest BCUT2D eigenvalue weighted by Gasteiger charge is 2.36. The number of nitrogens with two attached hydrogens (primary N) is 1. The maximum absolute atomic E-state index is 13.0. The number of fused-ring (bicyclic) bond motifs is 2. The lowest BCUT2D eigenvalue weighted by molar-refractivity contribution is -0.139. The van der Waals surface area contributed by atoms with E-state index in [9.17, 15) is 4.79 Å². The number of ether oxygens (including phenoxy) is 4. The smallest absolute Gasteiger partial charge is 0.340 e. The number of carbonyl (C=O) groups is 1. The van der Waals surface area contributed by atoms with Gasteiger partial charge in [-0.25, -0.2) is 4.79 Å². The van der Waals surface area contributed by atoms with E-state index in [4.69, 9.17) is 24.7 Å². The fourth-order valence-electron chi connectivity index (χ4n) is 3.98. The van der Waals surface area contributed by atoms with Crippen molar-refractivity contribution in [2.24, 2.45) is 5.73 Å². The number of hydrogen-bond acceptors (Lipinski definition) is 6. The zero-order chi connectivity index (χ0) is 23.5. The van der Waals surface area contributed by atoms with Crippen molar-refractivity contribution in [3.05, 3.63) is 88.2 Å². The molecular weight excluding hydrogens is 486 g/mol. The van der Waals surface area contributed by atoms with Gasteiger partial charge in [-0.05, 0) is 63.5 Å². The van der Waals surface area contributed by atoms with Gasteiger partial charge >= 0.3 is 5.97 Å². The Balaban J connectivity index is 1.95. The van der Waals surface area contributed by atoms with Crippen LogP contribution in [0.25, 0.3) is 10.8 Å². The van der Waals surface area contributed by atoms with E-state index in [0.29, 0.717) is 28.3 Å². The van der Waals surface area contributed by atoms with Crippen LogP contribution in [0.2, 0.25) is 0 Å². The summed E-state index contributed by atoms with van der Waals surface area (Å²) in [5.41, 5.74) is 8.10. The Kier molecular flexibility index (Phi) is 6.60. The molecule has 1 heterocycles. The van der Waals surface area contributed by atoms with Gasteiger partial charge in [0.15, 0.2) is 11.5 Å². The molecule has 2 N–H and O–H groups in total. The number of esters is 1. The molecule has 1 aliphatic rings. The highest BCUT2D eigenvalue weighted by Crippen LogP contribution is 2.47. The first-order chi connectivity index (χ1) is 16.0. The first-order valence-corrected chi connectivity index (χ1v) is 11.3. The van der Waals surface area contributed by atoms with Crippen molar-refractivity contribution in [2.75, 3.05) is 20.3 Å². The van der Waals surface area contributed by atoms with Gasteiger partial charge in [0.2, 0.25) is 5.88 Å². The number of benzene rings is 3. The van der Waals surface area contributed by atoms with E-state index in [-0.39, 0.29) is 18.1 Å². The molecule has 0 amide bonds. The molecule has 33 heavy (non-hydrogen) atoms. The Morgan fingerprint density at radius 1 is 1.21 bits per heavy atom. The van der Waals surface area contributed by atoms with Crippen LogP contribution in [0.3, 0.4) is 0 Å². The monoisotopic (exact) mass is 509 g/mol. The van der Waals surface area contributed by atoms with Crippen LogP contribution in [0.15, 0.2) is 77.1 Å². The molecule has 3 aromatic rings. The minimum atomic E-state index is -0.531. The van der Waals surface area contributed by atoms with E-state index < -0.39 is 11.9 Å². The molecule has 0 saturated carbocycles. The summed E-state index contributed by atoms with van der Waals surface area (Å²) < 4.78 is 23.3. The number of hydrogen-bond donors (Lipinski definition) is 1. The van der Waals surface area contributed by atoms with E-state index >= 15 is 0 Å². The quantitative estimate of drug-likeness (QED) is 0.337. The van der Waals surface area contributed by atoms with Gasteiger partial charge in [0, 0.05) is 5.56 Å². The Labute approximate surface area is 200 Å². The maximum Gasteiger partial charge on any atom is 0.340 e. The molecule has 0 aromatic heterocycles. The van der Waals surface area contributed by atoms with Crippen molar-refractivity contribution in [2.45, 2.75) is 12.8 Å². The summed E-state index contributed by atoms with van der Waals surface area (Å²) in [6.07, 6.45) is 1.65. The van der Waals surface area contributed by atoms with Crippen LogP contribution in [-0.4, -0.2) is 26.3 Å². The van der Waals surface area contributed by atoms with Crippen LogP contribution >= 0.6 is 15.9 Å². The molecule has 0 fully saturated rings. The van der Waals surface area contributed by atoms with Crippen molar-refractivity contribution in [3.63, 3.8) is 0 Å². The van der Waals surface area contributed by atoms with Gasteiger partial charge in [0.1, 0.15) is 17.9 Å². The molecule has 0 saturated heterocycles. The van der Waals surface area contributed by atoms with Crippen molar-refractivity contribution < 1.29 is 23.7 Å². The van der Waals surface area contributed by atoms with Crippen LogP contribution in [0.1, 0.15) is 24.0 Å². The standard InChI is InChI=1S/C26H24BrNO5/c1-4-10-32-24-19(27)12-17(14-21(24)30-3)22-18-11-15-8-6-7-9-16(15)13-20(18)33-25(28)23(22)26(29)31-5-2/h4,6-9,11-14,22H,1,5,10,28H2,2-3H3. The molecule has 3 aromatic carbocycles. The van der Waals surface area contributed by atoms with Crippen molar-refractivity contribution in [3.8, 4) is 17.2 Å². The minimum absolute atomic E-state index is 0.0169. The Morgan fingerprint density at radius 2 is 1.94 bits per heavy atom. The second kappa shape index (κ2) is 9.58. The lowest BCUT2D eigenvalue weighted by Gasteiger charge is -2.29. The predicted octanol–water partition coefficient (Wildman–Crippen LogP) is 5.43. The topological polar surface area (TPSA) is 80.0 Å². The van der Waals surface area contributed by atoms with Crippen molar-refractivity contribution >= 4 is 32.7 Å². The largest absolute Gasteiger partial charge is 0.493 e. The molecule has 0 spiro atoms. The Hall–Kier alpha value is -3.45. The molecule has 1 aliphatic heterocycles. The van der Waals surface area contributed by atoms with Crippen LogP contribution in [0, 0.1) is 0 Å². The maximum atomic E-state index is 13.0. The van der Waals surface area contributed by atoms with E-state index in [0.717, 1.165) is 21.9 Å². The Morgan fingerprint density at radius 3 is 2.61 bits per heavy atom. The average Bonchev–Trinajstić information content (AvgIpc) is 2.80. The van der Waals surface area contributed by atoms with Gasteiger partial charge in [0.25, 0.3) is 0 Å². The number of rotatable bonds is 7. The fourth-order valence-corrected chi connectivity index (χ4v) is 4.56. The molecule has 6 nitrogen and oxygen atoms in total. The summed E-state index contributed by atoms with van der Waals surface area (Å²) in [6, 6.07) is 15.6. The first-order valence-electron chi connectivity index (χ1n) is 10.5. The fraction of sp³-hybridized carbons (Fsp3) is 0.192. The van der Waals surface area contributed by atoms with E-state index in [1.54, 1.807) is 20.1 Å². The summed E-state index contributed by atoms with van der Waals surface area (Å²) >= 11 is 3.58. The molecule has 170 valence electrons. The SMILES string of the molecule is C=CCOc1c(Br)cc(C2C(C(=O)OCC)=C(N)Oc3cc4ccccc4cc32)cc1OC. The minimum Gasteiger partial charge on any atom is -0.493 e. The van der Waals surface area contributed by atoms with Gasteiger partial charge in [-0.2, -0.15) is 0 Å². The van der Waals surface area contributed by atoms with Gasteiger partial charge in [-0.15, -0.1) is 0 Å². The highest BCUT2D eigenvalue weighted by atomic mass is 79.9. The average molecular weight is 510 g/mol. The molecule has 4 rings (SSSR count). The third-order valence-corrected chi connectivity index (χ3v) is 5.98.